The van der Waals surface area contributed by atoms with Crippen molar-refractivity contribution in [3.05, 3.63) is 65.0 Å². The number of hydrogen-bond acceptors (Lipinski definition) is 6. The van der Waals surface area contributed by atoms with Gasteiger partial charge in [0.05, 0.1) is 18.0 Å². The number of hydrogen-bond donors (Lipinski definition) is 1. The van der Waals surface area contributed by atoms with Gasteiger partial charge in [0.15, 0.2) is 0 Å². The Morgan fingerprint density at radius 2 is 1.79 bits per heavy atom. The molecule has 0 spiro atoms. The number of aryl methyl sites for hydroxylation is 1. The van der Waals surface area contributed by atoms with E-state index in [9.17, 15) is 13.2 Å². The molecule has 0 saturated carbocycles. The molecular formula is C19H19ClN4O4S. The van der Waals surface area contributed by atoms with Crippen LogP contribution in [0.5, 0.6) is 0 Å². The molecule has 1 N–H and O–H groups in total. The van der Waals surface area contributed by atoms with Gasteiger partial charge in [-0.3, -0.25) is 4.79 Å². The second-order valence-electron chi connectivity index (χ2n) is 6.37. The van der Waals surface area contributed by atoms with Gasteiger partial charge in [-0.1, -0.05) is 46.6 Å². The van der Waals surface area contributed by atoms with Crippen LogP contribution in [0, 0.1) is 6.92 Å². The SMILES string of the molecule is Cc1ccc(-c2noc(CNC(=O)CN(C)S(=O)(=O)c3ccc(Cl)cc3)n2)cc1. The molecule has 0 radical (unpaired) electrons. The predicted molar refractivity (Wildman–Crippen MR) is 108 cm³/mol. The maximum atomic E-state index is 12.5. The van der Waals surface area contributed by atoms with Crippen molar-refractivity contribution in [1.82, 2.24) is 19.8 Å². The Kier molecular flexibility index (Phi) is 6.31. The molecule has 1 heterocycles. The highest BCUT2D eigenvalue weighted by Gasteiger charge is 2.23. The Morgan fingerprint density at radius 1 is 1.14 bits per heavy atom. The maximum Gasteiger partial charge on any atom is 0.246 e. The van der Waals surface area contributed by atoms with E-state index in [0.717, 1.165) is 15.4 Å². The highest BCUT2D eigenvalue weighted by atomic mass is 35.5. The van der Waals surface area contributed by atoms with Crippen LogP contribution in [0.4, 0.5) is 0 Å². The second-order valence-corrected chi connectivity index (χ2v) is 8.85. The third-order valence-corrected chi connectivity index (χ3v) is 6.17. The molecule has 0 fully saturated rings. The molecule has 2 aromatic carbocycles. The summed E-state index contributed by atoms with van der Waals surface area (Å²) in [6.07, 6.45) is 0. The van der Waals surface area contributed by atoms with Crippen molar-refractivity contribution in [1.29, 1.82) is 0 Å². The number of likely N-dealkylation sites (N-methyl/N-ethyl adjacent to an activating group) is 1. The number of rotatable bonds is 7. The van der Waals surface area contributed by atoms with Crippen molar-refractivity contribution in [2.24, 2.45) is 0 Å². The number of sulfonamides is 1. The normalized spacial score (nSPS) is 11.6. The lowest BCUT2D eigenvalue weighted by Gasteiger charge is -2.16. The number of aromatic nitrogens is 2. The molecule has 1 amide bonds. The zero-order valence-corrected chi connectivity index (χ0v) is 17.4. The maximum absolute atomic E-state index is 12.5. The van der Waals surface area contributed by atoms with Crippen LogP contribution in [-0.2, 0) is 21.4 Å². The number of carbonyl (C=O) groups excluding carboxylic acids is 1. The quantitative estimate of drug-likeness (QED) is 0.612. The molecule has 0 atom stereocenters. The van der Waals surface area contributed by atoms with Crippen LogP contribution in [0.1, 0.15) is 11.5 Å². The van der Waals surface area contributed by atoms with Gasteiger partial charge >= 0.3 is 0 Å². The first-order valence-corrected chi connectivity index (χ1v) is 10.5. The molecule has 0 aliphatic rings. The Balaban J connectivity index is 1.57. The van der Waals surface area contributed by atoms with Crippen LogP contribution >= 0.6 is 11.6 Å². The molecular weight excluding hydrogens is 416 g/mol. The molecule has 152 valence electrons. The fraction of sp³-hybridized carbons (Fsp3) is 0.211. The summed E-state index contributed by atoms with van der Waals surface area (Å²) in [5.74, 6) is 0.133. The summed E-state index contributed by atoms with van der Waals surface area (Å²) in [5.41, 5.74) is 1.91. The Hall–Kier alpha value is -2.75. The minimum atomic E-state index is -3.81. The van der Waals surface area contributed by atoms with Crippen LogP contribution in [0.25, 0.3) is 11.4 Å². The Labute approximate surface area is 173 Å². The third-order valence-electron chi connectivity index (χ3n) is 4.10. The summed E-state index contributed by atoms with van der Waals surface area (Å²) in [6.45, 7) is 1.61. The van der Waals surface area contributed by atoms with Crippen molar-refractivity contribution in [2.45, 2.75) is 18.4 Å². The molecule has 0 aliphatic carbocycles. The van der Waals surface area contributed by atoms with Crippen LogP contribution in [-0.4, -0.2) is 42.4 Å². The fourth-order valence-electron chi connectivity index (χ4n) is 2.45. The molecule has 0 aliphatic heterocycles. The van der Waals surface area contributed by atoms with E-state index < -0.39 is 15.9 Å². The molecule has 0 saturated heterocycles. The van der Waals surface area contributed by atoms with Crippen molar-refractivity contribution < 1.29 is 17.7 Å². The van der Waals surface area contributed by atoms with Gasteiger partial charge in [-0.05, 0) is 31.2 Å². The van der Waals surface area contributed by atoms with E-state index in [4.69, 9.17) is 16.1 Å². The fourth-order valence-corrected chi connectivity index (χ4v) is 3.70. The van der Waals surface area contributed by atoms with Gasteiger partial charge in [-0.15, -0.1) is 0 Å². The van der Waals surface area contributed by atoms with Gasteiger partial charge in [0.2, 0.25) is 27.6 Å². The first-order chi connectivity index (χ1) is 13.8. The van der Waals surface area contributed by atoms with Gasteiger partial charge in [-0.2, -0.15) is 9.29 Å². The minimum absolute atomic E-state index is 0.00741. The topological polar surface area (TPSA) is 105 Å². The van der Waals surface area contributed by atoms with E-state index in [1.165, 1.54) is 31.3 Å². The molecule has 1 aromatic heterocycles. The average molecular weight is 435 g/mol. The number of benzene rings is 2. The highest BCUT2D eigenvalue weighted by molar-refractivity contribution is 7.89. The number of carbonyl (C=O) groups is 1. The predicted octanol–water partition coefficient (Wildman–Crippen LogP) is 2.64. The van der Waals surface area contributed by atoms with Crippen molar-refractivity contribution in [3.8, 4) is 11.4 Å². The van der Waals surface area contributed by atoms with Crippen LogP contribution < -0.4 is 5.32 Å². The second kappa shape index (κ2) is 8.73. The summed E-state index contributed by atoms with van der Waals surface area (Å²) in [5, 5.41) is 6.89. The number of halogens is 1. The van der Waals surface area contributed by atoms with Crippen molar-refractivity contribution >= 4 is 27.5 Å². The summed E-state index contributed by atoms with van der Waals surface area (Å²) in [7, 11) is -2.48. The average Bonchev–Trinajstić information content (AvgIpc) is 3.16. The largest absolute Gasteiger partial charge is 0.346 e. The molecule has 10 heteroatoms. The highest BCUT2D eigenvalue weighted by Crippen LogP contribution is 2.18. The molecule has 0 bridgehead atoms. The zero-order chi connectivity index (χ0) is 21.0. The van der Waals surface area contributed by atoms with Gasteiger partial charge in [0, 0.05) is 17.6 Å². The van der Waals surface area contributed by atoms with Crippen LogP contribution in [0.3, 0.4) is 0 Å². The number of amides is 1. The number of nitrogens with one attached hydrogen (secondary N) is 1. The first-order valence-electron chi connectivity index (χ1n) is 8.64. The number of nitrogens with zero attached hydrogens (tertiary/aromatic N) is 3. The molecule has 8 nitrogen and oxygen atoms in total. The van der Waals surface area contributed by atoms with Gasteiger partial charge < -0.3 is 9.84 Å². The van der Waals surface area contributed by atoms with Crippen LogP contribution in [0.2, 0.25) is 5.02 Å². The third kappa shape index (κ3) is 5.20. The van der Waals surface area contributed by atoms with Gasteiger partial charge in [0.1, 0.15) is 0 Å². The lowest BCUT2D eigenvalue weighted by atomic mass is 10.1. The van der Waals surface area contributed by atoms with Crippen LogP contribution in [0.15, 0.2) is 57.9 Å². The van der Waals surface area contributed by atoms with E-state index in [1.807, 2.05) is 31.2 Å². The van der Waals surface area contributed by atoms with E-state index in [-0.39, 0.29) is 23.9 Å². The zero-order valence-electron chi connectivity index (χ0n) is 15.8. The molecule has 3 rings (SSSR count). The standard InChI is InChI=1S/C19H19ClN4O4S/c1-13-3-5-14(6-4-13)19-22-18(28-23-19)11-21-17(25)12-24(2)29(26,27)16-9-7-15(20)8-10-16/h3-10H,11-12H2,1-2H3,(H,21,25). The lowest BCUT2D eigenvalue weighted by Crippen LogP contribution is -2.38. The van der Waals surface area contributed by atoms with E-state index >= 15 is 0 Å². The van der Waals surface area contributed by atoms with E-state index in [2.05, 4.69) is 15.5 Å². The summed E-state index contributed by atoms with van der Waals surface area (Å²) < 4.78 is 31.1. The van der Waals surface area contributed by atoms with Crippen molar-refractivity contribution in [3.63, 3.8) is 0 Å². The Morgan fingerprint density at radius 3 is 2.45 bits per heavy atom. The summed E-state index contributed by atoms with van der Waals surface area (Å²) in [4.78, 5) is 16.4. The van der Waals surface area contributed by atoms with Crippen molar-refractivity contribution in [2.75, 3.05) is 13.6 Å². The Bertz CT molecular complexity index is 1100. The molecule has 29 heavy (non-hydrogen) atoms. The summed E-state index contributed by atoms with van der Waals surface area (Å²) in [6, 6.07) is 13.3. The first kappa shape index (κ1) is 21.0. The lowest BCUT2D eigenvalue weighted by molar-refractivity contribution is -0.121. The van der Waals surface area contributed by atoms with E-state index in [0.29, 0.717) is 10.8 Å². The molecule has 0 unspecified atom stereocenters. The molecule has 3 aromatic rings. The van der Waals surface area contributed by atoms with Gasteiger partial charge in [-0.25, -0.2) is 8.42 Å². The minimum Gasteiger partial charge on any atom is -0.346 e. The summed E-state index contributed by atoms with van der Waals surface area (Å²) >= 11 is 5.78. The van der Waals surface area contributed by atoms with E-state index in [1.54, 1.807) is 0 Å². The monoisotopic (exact) mass is 434 g/mol. The van der Waals surface area contributed by atoms with Gasteiger partial charge in [0.25, 0.3) is 0 Å². The smallest absolute Gasteiger partial charge is 0.246 e.